The zero-order chi connectivity index (χ0) is 27.1. The van der Waals surface area contributed by atoms with Gasteiger partial charge in [0.05, 0.1) is 0 Å². The fourth-order valence-electron chi connectivity index (χ4n) is 5.62. The second-order valence-corrected chi connectivity index (χ2v) is 10.4. The van der Waals surface area contributed by atoms with Gasteiger partial charge in [-0.25, -0.2) is 0 Å². The molecular weight excluding hydrogens is 480 g/mol. The molecule has 0 atom stereocenters. The third kappa shape index (κ3) is 5.66. The van der Waals surface area contributed by atoms with E-state index in [1.54, 1.807) is 24.3 Å². The van der Waals surface area contributed by atoms with E-state index in [9.17, 15) is 19.2 Å². The Bertz CT molecular complexity index is 1050. The number of imide groups is 2. The Kier molecular flexibility index (Phi) is 9.63. The van der Waals surface area contributed by atoms with Gasteiger partial charge in [0, 0.05) is 46.1 Å². The molecule has 0 bridgehead atoms. The van der Waals surface area contributed by atoms with Gasteiger partial charge < -0.3 is 11.5 Å². The quantitative estimate of drug-likeness (QED) is 0.245. The molecule has 4 amide bonds. The topological polar surface area (TPSA) is 127 Å². The van der Waals surface area contributed by atoms with Crippen molar-refractivity contribution in [2.45, 2.75) is 77.0 Å². The average Bonchev–Trinajstić information content (AvgIpc) is 2.92. The normalized spacial score (nSPS) is 14.8. The van der Waals surface area contributed by atoms with Crippen molar-refractivity contribution in [2.24, 2.45) is 11.5 Å². The smallest absolute Gasteiger partial charge is 0.261 e. The molecule has 0 saturated carbocycles. The van der Waals surface area contributed by atoms with Crippen molar-refractivity contribution in [2.75, 3.05) is 26.2 Å². The minimum Gasteiger partial charge on any atom is -0.330 e. The Labute approximate surface area is 224 Å². The van der Waals surface area contributed by atoms with Crippen LogP contribution >= 0.6 is 0 Å². The third-order valence-corrected chi connectivity index (χ3v) is 7.73. The predicted octanol–water partition coefficient (Wildman–Crippen LogP) is 4.63. The van der Waals surface area contributed by atoms with Gasteiger partial charge in [0.1, 0.15) is 0 Å². The molecule has 4 N–H and O–H groups in total. The molecule has 8 nitrogen and oxygen atoms in total. The molecule has 0 fully saturated rings. The van der Waals surface area contributed by atoms with E-state index in [2.05, 4.69) is 0 Å². The zero-order valence-electron chi connectivity index (χ0n) is 22.3. The Morgan fingerprint density at radius 1 is 0.421 bits per heavy atom. The molecule has 0 aromatic heterocycles. The fourth-order valence-corrected chi connectivity index (χ4v) is 5.62. The fraction of sp³-hybridized carbons (Fsp3) is 0.533. The molecule has 0 unspecified atom stereocenters. The number of benzene rings is 2. The Balaban J connectivity index is 1.47. The van der Waals surface area contributed by atoms with Gasteiger partial charge in [-0.2, -0.15) is 0 Å². The van der Waals surface area contributed by atoms with Gasteiger partial charge in [-0.05, 0) is 63.0 Å². The van der Waals surface area contributed by atoms with Crippen LogP contribution in [0.2, 0.25) is 0 Å². The first kappa shape index (κ1) is 27.9. The van der Waals surface area contributed by atoms with E-state index in [4.69, 9.17) is 11.5 Å². The third-order valence-electron chi connectivity index (χ3n) is 7.73. The number of hydrogen-bond acceptors (Lipinski definition) is 6. The highest BCUT2D eigenvalue weighted by Crippen LogP contribution is 2.38. The molecule has 2 heterocycles. The molecule has 2 aliphatic heterocycles. The van der Waals surface area contributed by atoms with Gasteiger partial charge >= 0.3 is 0 Å². The van der Waals surface area contributed by atoms with Crippen LogP contribution in [0, 0.1) is 0 Å². The number of rotatable bonds is 16. The number of unbranched alkanes of at least 4 members (excludes halogenated alkanes) is 10. The molecule has 204 valence electrons. The van der Waals surface area contributed by atoms with Gasteiger partial charge in [0.15, 0.2) is 0 Å². The Morgan fingerprint density at radius 2 is 0.684 bits per heavy atom. The predicted molar refractivity (Wildman–Crippen MR) is 148 cm³/mol. The van der Waals surface area contributed by atoms with Crippen LogP contribution in [0.25, 0.3) is 10.8 Å². The lowest BCUT2D eigenvalue weighted by Gasteiger charge is -2.32. The summed E-state index contributed by atoms with van der Waals surface area (Å²) < 4.78 is 0. The van der Waals surface area contributed by atoms with E-state index in [-0.39, 0.29) is 23.6 Å². The maximum atomic E-state index is 13.3. The van der Waals surface area contributed by atoms with Crippen LogP contribution in [0.4, 0.5) is 0 Å². The summed E-state index contributed by atoms with van der Waals surface area (Å²) in [5.74, 6) is -1.42. The van der Waals surface area contributed by atoms with Crippen LogP contribution in [-0.4, -0.2) is 59.6 Å². The monoisotopic (exact) mass is 520 g/mol. The summed E-state index contributed by atoms with van der Waals surface area (Å²) in [6.07, 6.45) is 11.9. The standard InChI is InChI=1S/C30H40N4O4/c31-17-9-5-1-3-7-11-19-33-27(35)21-13-15-23-26-24(16-14-22(25(21)26)28(33)36)30(38)34(29(23)37)20-12-8-4-2-6-10-18-32/h13-16H,1-12,17-20,31-32H2. The van der Waals surface area contributed by atoms with Crippen LogP contribution in [0.1, 0.15) is 118 Å². The minimum absolute atomic E-state index is 0.355. The first-order valence-electron chi connectivity index (χ1n) is 14.2. The summed E-state index contributed by atoms with van der Waals surface area (Å²) in [5.41, 5.74) is 12.6. The number of carbonyl (C=O) groups excluding carboxylic acids is 4. The summed E-state index contributed by atoms with van der Waals surface area (Å²) in [5, 5.41) is 0.878. The van der Waals surface area contributed by atoms with Gasteiger partial charge in [-0.1, -0.05) is 51.4 Å². The highest BCUT2D eigenvalue weighted by atomic mass is 16.2. The van der Waals surface area contributed by atoms with Crippen LogP contribution in [-0.2, 0) is 0 Å². The largest absolute Gasteiger partial charge is 0.330 e. The van der Waals surface area contributed by atoms with E-state index in [0.29, 0.717) is 59.2 Å². The van der Waals surface area contributed by atoms with Gasteiger partial charge in [-0.15, -0.1) is 0 Å². The summed E-state index contributed by atoms with van der Waals surface area (Å²) in [6, 6.07) is 6.57. The number of carbonyl (C=O) groups is 4. The van der Waals surface area contributed by atoms with Crippen molar-refractivity contribution in [3.05, 3.63) is 46.5 Å². The van der Waals surface area contributed by atoms with Crippen molar-refractivity contribution >= 4 is 34.4 Å². The lowest BCUT2D eigenvalue weighted by molar-refractivity contribution is 0.0586. The van der Waals surface area contributed by atoms with Gasteiger partial charge in [-0.3, -0.25) is 29.0 Å². The number of hydrogen-bond donors (Lipinski definition) is 2. The molecule has 4 rings (SSSR count). The van der Waals surface area contributed by atoms with Crippen LogP contribution in [0.15, 0.2) is 24.3 Å². The highest BCUT2D eigenvalue weighted by Gasteiger charge is 2.39. The van der Waals surface area contributed by atoms with Crippen LogP contribution in [0.5, 0.6) is 0 Å². The maximum absolute atomic E-state index is 13.3. The molecule has 0 radical (unpaired) electrons. The van der Waals surface area contributed by atoms with Crippen molar-refractivity contribution in [3.8, 4) is 0 Å². The van der Waals surface area contributed by atoms with Crippen molar-refractivity contribution in [3.63, 3.8) is 0 Å². The first-order chi connectivity index (χ1) is 18.5. The lowest BCUT2D eigenvalue weighted by Crippen LogP contribution is -2.43. The molecule has 0 saturated heterocycles. The first-order valence-corrected chi connectivity index (χ1v) is 14.2. The second kappa shape index (κ2) is 13.1. The number of nitrogens with two attached hydrogens (primary N) is 2. The molecule has 8 heteroatoms. The average molecular weight is 521 g/mol. The van der Waals surface area contributed by atoms with Crippen molar-refractivity contribution in [1.82, 2.24) is 9.80 Å². The molecule has 38 heavy (non-hydrogen) atoms. The molecule has 0 spiro atoms. The molecule has 2 aromatic rings. The number of amides is 4. The summed E-state index contributed by atoms with van der Waals surface area (Å²) in [7, 11) is 0. The maximum Gasteiger partial charge on any atom is 0.261 e. The minimum atomic E-state index is -0.355. The highest BCUT2D eigenvalue weighted by molar-refractivity contribution is 6.33. The summed E-state index contributed by atoms with van der Waals surface area (Å²) in [6.45, 7) is 2.13. The van der Waals surface area contributed by atoms with Gasteiger partial charge in [0.25, 0.3) is 23.6 Å². The Hall–Kier alpha value is -3.10. The zero-order valence-corrected chi connectivity index (χ0v) is 22.3. The van der Waals surface area contributed by atoms with E-state index < -0.39 is 0 Å². The second-order valence-electron chi connectivity index (χ2n) is 10.4. The summed E-state index contributed by atoms with van der Waals surface area (Å²) in [4.78, 5) is 56.0. The lowest BCUT2D eigenvalue weighted by atomic mass is 9.86. The number of nitrogens with zero attached hydrogens (tertiary/aromatic N) is 2. The van der Waals surface area contributed by atoms with E-state index in [1.807, 2.05) is 0 Å². The van der Waals surface area contributed by atoms with E-state index in [0.717, 1.165) is 77.0 Å². The SMILES string of the molecule is NCCCCCCCCN1C(=O)c2ccc3c4c(ccc(c24)C1=O)C(=O)N(CCCCCCCCN)C3=O. The Morgan fingerprint density at radius 3 is 0.974 bits per heavy atom. The van der Waals surface area contributed by atoms with Crippen molar-refractivity contribution in [1.29, 1.82) is 0 Å². The summed E-state index contributed by atoms with van der Waals surface area (Å²) >= 11 is 0. The molecule has 2 aromatic carbocycles. The molecule has 2 aliphatic rings. The van der Waals surface area contributed by atoms with Gasteiger partial charge in [0.2, 0.25) is 0 Å². The molecule has 0 aliphatic carbocycles. The van der Waals surface area contributed by atoms with E-state index in [1.165, 1.54) is 9.80 Å². The van der Waals surface area contributed by atoms with Crippen LogP contribution < -0.4 is 11.5 Å². The van der Waals surface area contributed by atoms with Crippen LogP contribution in [0.3, 0.4) is 0 Å². The molecular formula is C30H40N4O4. The van der Waals surface area contributed by atoms with Crippen molar-refractivity contribution < 1.29 is 19.2 Å². The van der Waals surface area contributed by atoms with E-state index >= 15 is 0 Å².